The Morgan fingerprint density at radius 1 is 2.00 bits per heavy atom. The Morgan fingerprint density at radius 2 is 2.67 bits per heavy atom. The third-order valence-electron chi connectivity index (χ3n) is 0.303. The van der Waals surface area contributed by atoms with Crippen LogP contribution >= 0.6 is 11.8 Å². The minimum atomic E-state index is 0.970. The van der Waals surface area contributed by atoms with E-state index in [4.69, 9.17) is 5.26 Å². The van der Waals surface area contributed by atoms with E-state index in [0.29, 0.717) is 0 Å². The molecule has 0 saturated heterocycles. The molecule has 0 fully saturated rings. The number of thioether (sulfide) groups is 1. The molecule has 0 saturated carbocycles. The minimum absolute atomic E-state index is 0.970. The van der Waals surface area contributed by atoms with Gasteiger partial charge in [-0.2, -0.15) is 5.26 Å². The Balaban J connectivity index is 2.54. The molecule has 0 atom stereocenters. The minimum Gasteiger partial charge on any atom is -0.185 e. The van der Waals surface area contributed by atoms with Crippen LogP contribution in [0, 0.1) is 16.4 Å². The van der Waals surface area contributed by atoms with Crippen LogP contribution in [-0.4, -0.2) is 0 Å². The topological polar surface area (TPSA) is 23.8 Å². The summed E-state index contributed by atoms with van der Waals surface area (Å²) >= 11 is 1.19. The number of thiocyanates is 1. The molecule has 0 aromatic rings. The normalized spacial score (nSPS) is 7.33. The fourth-order valence-electron chi connectivity index (χ4n) is 0.121. The fraction of sp³-hybridized carbons (Fsp3) is 0.500. The zero-order chi connectivity index (χ0) is 4.83. The van der Waals surface area contributed by atoms with Crippen LogP contribution in [0.25, 0.3) is 0 Å². The number of nitriles is 1. The Morgan fingerprint density at radius 3 is 2.83 bits per heavy atom. The van der Waals surface area contributed by atoms with Crippen LogP contribution in [0.2, 0.25) is 0 Å². The Bertz CT molecular complexity index is 55.1. The van der Waals surface area contributed by atoms with E-state index in [-0.39, 0.29) is 0 Å². The van der Waals surface area contributed by atoms with Gasteiger partial charge in [-0.15, -0.1) is 0 Å². The van der Waals surface area contributed by atoms with Crippen LogP contribution < -0.4 is 0 Å². The van der Waals surface area contributed by atoms with Gasteiger partial charge >= 0.3 is 0 Å². The van der Waals surface area contributed by atoms with E-state index in [1.165, 1.54) is 11.8 Å². The fourth-order valence-corrected chi connectivity index (χ4v) is 0.362. The van der Waals surface area contributed by atoms with Gasteiger partial charge in [0.15, 0.2) is 0 Å². The first-order valence-corrected chi connectivity index (χ1v) is 2.66. The van der Waals surface area contributed by atoms with Crippen LogP contribution in [0.4, 0.5) is 0 Å². The molecule has 0 aliphatic heterocycles. The first kappa shape index (κ1) is 5.84. The van der Waals surface area contributed by atoms with Crippen LogP contribution in [-0.2, 0) is 0 Å². The molecule has 0 aromatic carbocycles. The summed E-state index contributed by atoms with van der Waals surface area (Å²) < 4.78 is 0. The standard InChI is InChI=1S/C4H6NS/c1-2-3-6-4-5/h3H,2H2,1H3. The average molecular weight is 100 g/mol. The zero-order valence-electron chi connectivity index (χ0n) is 3.64. The Hall–Kier alpha value is -0.160. The van der Waals surface area contributed by atoms with Gasteiger partial charge < -0.3 is 0 Å². The number of hydrogen-bond donors (Lipinski definition) is 0. The molecule has 0 N–H and O–H groups in total. The maximum absolute atomic E-state index is 7.88. The van der Waals surface area contributed by atoms with E-state index < -0.39 is 0 Å². The van der Waals surface area contributed by atoms with Crippen molar-refractivity contribution >= 4 is 11.8 Å². The third kappa shape index (κ3) is 3.84. The predicted molar refractivity (Wildman–Crippen MR) is 27.8 cm³/mol. The van der Waals surface area contributed by atoms with E-state index in [2.05, 4.69) is 0 Å². The van der Waals surface area contributed by atoms with Crippen LogP contribution in [0.5, 0.6) is 0 Å². The highest BCUT2D eigenvalue weighted by atomic mass is 32.2. The first-order valence-electron chi connectivity index (χ1n) is 1.78. The van der Waals surface area contributed by atoms with E-state index in [1.54, 1.807) is 0 Å². The summed E-state index contributed by atoms with van der Waals surface area (Å²) in [7, 11) is 0. The molecule has 0 bridgehead atoms. The summed E-state index contributed by atoms with van der Waals surface area (Å²) in [6.45, 7) is 2.00. The van der Waals surface area contributed by atoms with Gasteiger partial charge in [-0.3, -0.25) is 0 Å². The molecular formula is C4H6NS. The maximum Gasteiger partial charge on any atom is 0.133 e. The molecule has 1 radical (unpaired) electrons. The summed E-state index contributed by atoms with van der Waals surface area (Å²) in [4.78, 5) is 0. The van der Waals surface area contributed by atoms with Crippen LogP contribution in [0.1, 0.15) is 13.3 Å². The largest absolute Gasteiger partial charge is 0.185 e. The van der Waals surface area contributed by atoms with Crippen molar-refractivity contribution in [3.8, 4) is 5.40 Å². The van der Waals surface area contributed by atoms with Crippen molar-refractivity contribution in [2.75, 3.05) is 0 Å². The lowest BCUT2D eigenvalue weighted by Crippen LogP contribution is -1.54. The summed E-state index contributed by atoms with van der Waals surface area (Å²) in [6, 6.07) is 0. The van der Waals surface area contributed by atoms with Gasteiger partial charge in [0.05, 0.1) is 0 Å². The molecule has 33 valence electrons. The van der Waals surface area contributed by atoms with E-state index >= 15 is 0 Å². The monoisotopic (exact) mass is 100 g/mol. The van der Waals surface area contributed by atoms with Crippen molar-refractivity contribution in [2.45, 2.75) is 13.3 Å². The smallest absolute Gasteiger partial charge is 0.133 e. The maximum atomic E-state index is 7.88. The molecule has 0 rings (SSSR count). The molecule has 0 heterocycles. The summed E-state index contributed by atoms with van der Waals surface area (Å²) in [5.74, 6) is 1.86. The molecule has 0 aromatic heterocycles. The van der Waals surface area contributed by atoms with Crippen molar-refractivity contribution in [3.63, 3.8) is 0 Å². The highest BCUT2D eigenvalue weighted by Gasteiger charge is 1.75. The van der Waals surface area contributed by atoms with Crippen LogP contribution in [0.3, 0.4) is 0 Å². The van der Waals surface area contributed by atoms with Gasteiger partial charge in [0.1, 0.15) is 5.40 Å². The van der Waals surface area contributed by atoms with Gasteiger partial charge in [0, 0.05) is 5.75 Å². The number of rotatable bonds is 2. The summed E-state index contributed by atoms with van der Waals surface area (Å²) in [5, 5.41) is 9.81. The first-order chi connectivity index (χ1) is 2.91. The average Bonchev–Trinajstić information content (AvgIpc) is 1.61. The molecule has 0 amide bonds. The second kappa shape index (κ2) is 4.84. The highest BCUT2D eigenvalue weighted by Crippen LogP contribution is 2.02. The lowest BCUT2D eigenvalue weighted by atomic mass is 10.6. The second-order valence-corrected chi connectivity index (χ2v) is 1.54. The number of nitrogens with zero attached hydrogens (tertiary/aromatic N) is 1. The lowest BCUT2D eigenvalue weighted by molar-refractivity contribution is 1.20. The molecule has 0 spiro atoms. The lowest BCUT2D eigenvalue weighted by Gasteiger charge is -1.75. The van der Waals surface area contributed by atoms with E-state index in [1.807, 2.05) is 18.1 Å². The molecule has 2 heteroatoms. The Labute approximate surface area is 42.3 Å². The molecule has 0 aliphatic rings. The Kier molecular flexibility index (Phi) is 4.71. The molecule has 0 aliphatic carbocycles. The molecular weight excluding hydrogens is 94.1 g/mol. The highest BCUT2D eigenvalue weighted by molar-refractivity contribution is 8.05. The SMILES string of the molecule is CC[CH]SC#N. The molecule has 1 nitrogen and oxygen atoms in total. The van der Waals surface area contributed by atoms with Gasteiger partial charge in [-0.05, 0) is 18.2 Å². The molecule has 0 unspecified atom stereocenters. The summed E-state index contributed by atoms with van der Waals surface area (Å²) in [5.41, 5.74) is 0. The van der Waals surface area contributed by atoms with Crippen LogP contribution in [0.15, 0.2) is 0 Å². The third-order valence-corrected chi connectivity index (χ3v) is 0.908. The summed E-state index contributed by atoms with van der Waals surface area (Å²) in [6.07, 6.45) is 0.970. The zero-order valence-corrected chi connectivity index (χ0v) is 4.46. The van der Waals surface area contributed by atoms with Crippen molar-refractivity contribution in [1.29, 1.82) is 5.26 Å². The quantitative estimate of drug-likeness (QED) is 0.390. The predicted octanol–water partition coefficient (Wildman–Crippen LogP) is 1.77. The van der Waals surface area contributed by atoms with Crippen molar-refractivity contribution < 1.29 is 0 Å². The van der Waals surface area contributed by atoms with Gasteiger partial charge in [-0.1, -0.05) is 6.92 Å². The number of hydrogen-bond acceptors (Lipinski definition) is 2. The van der Waals surface area contributed by atoms with Crippen molar-refractivity contribution in [2.24, 2.45) is 0 Å². The second-order valence-electron chi connectivity index (χ2n) is 0.784. The van der Waals surface area contributed by atoms with E-state index in [9.17, 15) is 0 Å². The van der Waals surface area contributed by atoms with Gasteiger partial charge in [-0.25, -0.2) is 0 Å². The van der Waals surface area contributed by atoms with E-state index in [0.717, 1.165) is 6.42 Å². The molecule has 6 heavy (non-hydrogen) atoms. The van der Waals surface area contributed by atoms with Gasteiger partial charge in [0.25, 0.3) is 0 Å². The van der Waals surface area contributed by atoms with Gasteiger partial charge in [0.2, 0.25) is 0 Å². The van der Waals surface area contributed by atoms with Crippen molar-refractivity contribution in [3.05, 3.63) is 5.75 Å². The van der Waals surface area contributed by atoms with Crippen molar-refractivity contribution in [1.82, 2.24) is 0 Å².